The van der Waals surface area contributed by atoms with Gasteiger partial charge < -0.3 is 15.7 Å². The highest BCUT2D eigenvalue weighted by Gasteiger charge is 2.25. The average molecular weight is 268 g/mol. The van der Waals surface area contributed by atoms with E-state index in [4.69, 9.17) is 0 Å². The molecule has 3 N–H and O–H groups in total. The second-order valence-electron chi connectivity index (χ2n) is 6.23. The summed E-state index contributed by atoms with van der Waals surface area (Å²) in [4.78, 5) is 12.0. The summed E-state index contributed by atoms with van der Waals surface area (Å²) in [5.74, 6) is 0.424. The van der Waals surface area contributed by atoms with Crippen molar-refractivity contribution in [2.24, 2.45) is 5.92 Å². The minimum atomic E-state index is -0.189. The van der Waals surface area contributed by atoms with Gasteiger partial charge in [0.25, 0.3) is 0 Å². The zero-order valence-corrected chi connectivity index (χ0v) is 12.0. The maximum atomic E-state index is 12.0. The summed E-state index contributed by atoms with van der Waals surface area (Å²) in [5.41, 5.74) is 0. The molecule has 110 valence electrons. The Balaban J connectivity index is 1.67. The van der Waals surface area contributed by atoms with E-state index in [1.807, 2.05) is 6.92 Å². The zero-order valence-electron chi connectivity index (χ0n) is 12.0. The monoisotopic (exact) mass is 268 g/mol. The highest BCUT2D eigenvalue weighted by Crippen LogP contribution is 2.23. The van der Waals surface area contributed by atoms with E-state index in [0.717, 1.165) is 38.6 Å². The van der Waals surface area contributed by atoms with Crippen LogP contribution in [0.25, 0.3) is 0 Å². The SMILES string of the molecule is C[C@H](NC[C@@H]1CCCC[C@@H]1O)C(=O)NC1CCCC1. The first-order chi connectivity index (χ1) is 9.16. The fourth-order valence-electron chi connectivity index (χ4n) is 3.24. The molecule has 2 rings (SSSR count). The van der Waals surface area contributed by atoms with Crippen molar-refractivity contribution in [1.29, 1.82) is 0 Å². The molecule has 0 spiro atoms. The van der Waals surface area contributed by atoms with Crippen LogP contribution >= 0.6 is 0 Å². The van der Waals surface area contributed by atoms with Gasteiger partial charge in [-0.15, -0.1) is 0 Å². The molecule has 2 fully saturated rings. The maximum absolute atomic E-state index is 12.0. The number of nitrogens with one attached hydrogen (secondary N) is 2. The van der Waals surface area contributed by atoms with Gasteiger partial charge in [-0.3, -0.25) is 4.79 Å². The quantitative estimate of drug-likeness (QED) is 0.709. The molecule has 2 aliphatic rings. The normalized spacial score (nSPS) is 30.2. The number of rotatable bonds is 5. The largest absolute Gasteiger partial charge is 0.393 e. The molecule has 1 amide bonds. The minimum Gasteiger partial charge on any atom is -0.393 e. The van der Waals surface area contributed by atoms with Crippen molar-refractivity contribution in [3.8, 4) is 0 Å². The van der Waals surface area contributed by atoms with Crippen LogP contribution in [0.3, 0.4) is 0 Å². The Labute approximate surface area is 116 Å². The third kappa shape index (κ3) is 4.46. The van der Waals surface area contributed by atoms with E-state index in [0.29, 0.717) is 12.0 Å². The lowest BCUT2D eigenvalue weighted by atomic mass is 9.86. The van der Waals surface area contributed by atoms with Gasteiger partial charge in [-0.05, 0) is 38.5 Å². The first-order valence-electron chi connectivity index (χ1n) is 7.88. The Bertz CT molecular complexity index is 290. The summed E-state index contributed by atoms with van der Waals surface area (Å²) >= 11 is 0. The molecule has 0 heterocycles. The van der Waals surface area contributed by atoms with Crippen LogP contribution in [0.15, 0.2) is 0 Å². The lowest BCUT2D eigenvalue weighted by Gasteiger charge is -2.29. The fourth-order valence-corrected chi connectivity index (χ4v) is 3.24. The highest BCUT2D eigenvalue weighted by molar-refractivity contribution is 5.81. The van der Waals surface area contributed by atoms with Crippen molar-refractivity contribution in [1.82, 2.24) is 10.6 Å². The third-order valence-electron chi connectivity index (χ3n) is 4.65. The Morgan fingerprint density at radius 1 is 1.16 bits per heavy atom. The van der Waals surface area contributed by atoms with E-state index in [-0.39, 0.29) is 18.1 Å². The first kappa shape index (κ1) is 14.8. The topological polar surface area (TPSA) is 61.4 Å². The first-order valence-corrected chi connectivity index (χ1v) is 7.88. The smallest absolute Gasteiger partial charge is 0.237 e. The summed E-state index contributed by atoms with van der Waals surface area (Å²) in [6, 6.07) is 0.228. The molecule has 3 atom stereocenters. The van der Waals surface area contributed by atoms with Gasteiger partial charge in [0.05, 0.1) is 12.1 Å². The Kier molecular flexibility index (Phi) is 5.64. The van der Waals surface area contributed by atoms with Gasteiger partial charge in [0.2, 0.25) is 5.91 Å². The number of aliphatic hydroxyl groups is 1. The molecule has 0 saturated heterocycles. The second kappa shape index (κ2) is 7.25. The summed E-state index contributed by atoms with van der Waals surface area (Å²) in [6.07, 6.45) is 8.86. The van der Waals surface area contributed by atoms with Crippen molar-refractivity contribution in [2.45, 2.75) is 76.5 Å². The minimum absolute atomic E-state index is 0.109. The van der Waals surface area contributed by atoms with Crippen LogP contribution in [0.5, 0.6) is 0 Å². The van der Waals surface area contributed by atoms with Crippen molar-refractivity contribution in [2.75, 3.05) is 6.54 Å². The van der Waals surface area contributed by atoms with Gasteiger partial charge >= 0.3 is 0 Å². The predicted molar refractivity (Wildman–Crippen MR) is 75.8 cm³/mol. The van der Waals surface area contributed by atoms with Crippen LogP contribution in [0, 0.1) is 5.92 Å². The summed E-state index contributed by atoms with van der Waals surface area (Å²) in [7, 11) is 0. The summed E-state index contributed by atoms with van der Waals surface area (Å²) < 4.78 is 0. The number of hydrogen-bond acceptors (Lipinski definition) is 3. The van der Waals surface area contributed by atoms with E-state index in [1.165, 1.54) is 19.3 Å². The predicted octanol–water partition coefficient (Wildman–Crippen LogP) is 1.57. The van der Waals surface area contributed by atoms with Crippen molar-refractivity contribution >= 4 is 5.91 Å². The molecule has 2 saturated carbocycles. The van der Waals surface area contributed by atoms with Crippen molar-refractivity contribution in [3.05, 3.63) is 0 Å². The van der Waals surface area contributed by atoms with Gasteiger partial charge in [-0.2, -0.15) is 0 Å². The Hall–Kier alpha value is -0.610. The van der Waals surface area contributed by atoms with Crippen LogP contribution in [-0.4, -0.2) is 35.7 Å². The van der Waals surface area contributed by atoms with Crippen LogP contribution in [0.4, 0.5) is 0 Å². The average Bonchev–Trinajstić information content (AvgIpc) is 2.90. The van der Waals surface area contributed by atoms with Gasteiger partial charge in [0.15, 0.2) is 0 Å². The Morgan fingerprint density at radius 2 is 1.79 bits per heavy atom. The molecule has 2 aliphatic carbocycles. The molecular weight excluding hydrogens is 240 g/mol. The van der Waals surface area contributed by atoms with Crippen LogP contribution in [-0.2, 0) is 4.79 Å². The number of amides is 1. The van der Waals surface area contributed by atoms with Gasteiger partial charge in [-0.25, -0.2) is 0 Å². The summed E-state index contributed by atoms with van der Waals surface area (Å²) in [6.45, 7) is 2.67. The standard InChI is InChI=1S/C15H28N2O2/c1-11(15(19)17-13-7-3-4-8-13)16-10-12-6-2-5-9-14(12)18/h11-14,16,18H,2-10H2,1H3,(H,17,19)/t11-,12-,14-/m0/s1. The zero-order chi connectivity index (χ0) is 13.7. The number of carbonyl (C=O) groups excluding carboxylic acids is 1. The molecule has 19 heavy (non-hydrogen) atoms. The van der Waals surface area contributed by atoms with Gasteiger partial charge in [-0.1, -0.05) is 25.7 Å². The fraction of sp³-hybridized carbons (Fsp3) is 0.933. The second-order valence-corrected chi connectivity index (χ2v) is 6.23. The lowest BCUT2D eigenvalue weighted by Crippen LogP contribution is -2.47. The Morgan fingerprint density at radius 3 is 2.47 bits per heavy atom. The molecule has 0 bridgehead atoms. The van der Waals surface area contributed by atoms with E-state index in [9.17, 15) is 9.90 Å². The van der Waals surface area contributed by atoms with Crippen LogP contribution in [0.1, 0.15) is 58.3 Å². The van der Waals surface area contributed by atoms with Crippen LogP contribution in [0.2, 0.25) is 0 Å². The molecule has 0 aliphatic heterocycles. The van der Waals surface area contributed by atoms with E-state index in [2.05, 4.69) is 10.6 Å². The highest BCUT2D eigenvalue weighted by atomic mass is 16.3. The third-order valence-corrected chi connectivity index (χ3v) is 4.65. The molecule has 0 aromatic rings. The lowest BCUT2D eigenvalue weighted by molar-refractivity contribution is -0.123. The molecule has 0 radical (unpaired) electrons. The van der Waals surface area contributed by atoms with E-state index in [1.54, 1.807) is 0 Å². The molecule has 0 aromatic carbocycles. The van der Waals surface area contributed by atoms with Gasteiger partial charge in [0.1, 0.15) is 0 Å². The van der Waals surface area contributed by atoms with Crippen molar-refractivity contribution < 1.29 is 9.90 Å². The number of hydrogen-bond donors (Lipinski definition) is 3. The maximum Gasteiger partial charge on any atom is 0.237 e. The molecule has 0 aromatic heterocycles. The molecular formula is C15H28N2O2. The number of aliphatic hydroxyl groups excluding tert-OH is 1. The molecule has 4 heteroatoms. The molecule has 0 unspecified atom stereocenters. The van der Waals surface area contributed by atoms with E-state index < -0.39 is 0 Å². The van der Waals surface area contributed by atoms with Crippen LogP contribution < -0.4 is 10.6 Å². The van der Waals surface area contributed by atoms with Gasteiger partial charge in [0, 0.05) is 12.6 Å². The van der Waals surface area contributed by atoms with E-state index >= 15 is 0 Å². The summed E-state index contributed by atoms with van der Waals surface area (Å²) in [5, 5.41) is 16.3. The van der Waals surface area contributed by atoms with Crippen molar-refractivity contribution in [3.63, 3.8) is 0 Å². The molecule has 4 nitrogen and oxygen atoms in total. The number of carbonyl (C=O) groups is 1.